The molecule has 0 saturated heterocycles. The van der Waals surface area contributed by atoms with Crippen molar-refractivity contribution in [3.63, 3.8) is 0 Å². The van der Waals surface area contributed by atoms with Gasteiger partial charge in [-0.1, -0.05) is 6.07 Å². The van der Waals surface area contributed by atoms with Crippen LogP contribution in [0.15, 0.2) is 30.6 Å². The predicted molar refractivity (Wildman–Crippen MR) is 66.8 cm³/mol. The Hall–Kier alpha value is -2.01. The number of hydrogen-bond acceptors (Lipinski definition) is 4. The third-order valence-electron chi connectivity index (χ3n) is 2.76. The van der Waals surface area contributed by atoms with E-state index in [0.717, 1.165) is 11.1 Å². The van der Waals surface area contributed by atoms with E-state index in [1.165, 1.54) is 0 Å². The Morgan fingerprint density at radius 2 is 1.89 bits per heavy atom. The number of rotatable bonds is 4. The summed E-state index contributed by atoms with van der Waals surface area (Å²) in [4.78, 5) is 0. The van der Waals surface area contributed by atoms with Gasteiger partial charge < -0.3 is 14.6 Å². The lowest BCUT2D eigenvalue weighted by Gasteiger charge is -2.13. The van der Waals surface area contributed by atoms with Crippen molar-refractivity contribution in [3.05, 3.63) is 41.7 Å². The highest BCUT2D eigenvalue weighted by atomic mass is 16.5. The Kier molecular flexibility index (Phi) is 3.53. The summed E-state index contributed by atoms with van der Waals surface area (Å²) in [5.41, 5.74) is 1.48. The normalized spacial score (nSPS) is 12.2. The number of hydrogen-bond donors (Lipinski definition) is 1. The Balaban J connectivity index is 2.33. The summed E-state index contributed by atoms with van der Waals surface area (Å²) in [7, 11) is 4.96. The van der Waals surface area contributed by atoms with E-state index in [1.54, 1.807) is 49.5 Å². The van der Waals surface area contributed by atoms with Crippen molar-refractivity contribution in [2.75, 3.05) is 14.2 Å². The molecule has 1 aromatic carbocycles. The average Bonchev–Trinajstić information content (AvgIpc) is 2.83. The van der Waals surface area contributed by atoms with Gasteiger partial charge >= 0.3 is 0 Å². The maximum atomic E-state index is 10.2. The molecule has 0 fully saturated rings. The molecular weight excluding hydrogens is 232 g/mol. The van der Waals surface area contributed by atoms with E-state index in [-0.39, 0.29) is 0 Å². The van der Waals surface area contributed by atoms with Gasteiger partial charge in [-0.05, 0) is 17.7 Å². The molecule has 18 heavy (non-hydrogen) atoms. The van der Waals surface area contributed by atoms with Crippen LogP contribution >= 0.6 is 0 Å². The summed E-state index contributed by atoms with van der Waals surface area (Å²) in [6.45, 7) is 0. The molecule has 0 amide bonds. The minimum atomic E-state index is -0.724. The minimum Gasteiger partial charge on any atom is -0.493 e. The quantitative estimate of drug-likeness (QED) is 0.891. The van der Waals surface area contributed by atoms with Crippen molar-refractivity contribution >= 4 is 0 Å². The predicted octanol–water partition coefficient (Wildman–Crippen LogP) is 1.52. The second kappa shape index (κ2) is 5.10. The molecule has 0 bridgehead atoms. The number of aryl methyl sites for hydroxylation is 1. The summed E-state index contributed by atoms with van der Waals surface area (Å²) in [5, 5.41) is 14.3. The largest absolute Gasteiger partial charge is 0.493 e. The first-order chi connectivity index (χ1) is 8.65. The SMILES string of the molecule is COc1ccc(C(O)c2cnn(C)c2)cc1OC. The minimum absolute atomic E-state index is 0.595. The lowest BCUT2D eigenvalue weighted by atomic mass is 10.0. The zero-order valence-corrected chi connectivity index (χ0v) is 10.6. The van der Waals surface area contributed by atoms with Crippen LogP contribution in [0.3, 0.4) is 0 Å². The number of methoxy groups -OCH3 is 2. The topological polar surface area (TPSA) is 56.5 Å². The van der Waals surface area contributed by atoms with Gasteiger partial charge in [0.1, 0.15) is 6.10 Å². The van der Waals surface area contributed by atoms with Gasteiger partial charge in [0.25, 0.3) is 0 Å². The van der Waals surface area contributed by atoms with E-state index in [2.05, 4.69) is 5.10 Å². The molecule has 0 aliphatic carbocycles. The summed E-state index contributed by atoms with van der Waals surface area (Å²) in [6, 6.07) is 5.34. The summed E-state index contributed by atoms with van der Waals surface area (Å²) in [6.07, 6.45) is 2.70. The van der Waals surface area contributed by atoms with E-state index in [1.807, 2.05) is 7.05 Å². The molecule has 1 aromatic heterocycles. The number of nitrogens with zero attached hydrogens (tertiary/aromatic N) is 2. The molecule has 0 saturated carbocycles. The highest BCUT2D eigenvalue weighted by Crippen LogP contribution is 2.31. The number of ether oxygens (including phenoxy) is 2. The third-order valence-corrected chi connectivity index (χ3v) is 2.76. The maximum Gasteiger partial charge on any atom is 0.161 e. The summed E-state index contributed by atoms with van der Waals surface area (Å²) >= 11 is 0. The number of aliphatic hydroxyl groups is 1. The Bertz CT molecular complexity index is 537. The molecule has 2 rings (SSSR count). The highest BCUT2D eigenvalue weighted by Gasteiger charge is 2.14. The van der Waals surface area contributed by atoms with E-state index in [0.29, 0.717) is 11.5 Å². The fourth-order valence-electron chi connectivity index (χ4n) is 1.80. The van der Waals surface area contributed by atoms with Gasteiger partial charge in [0, 0.05) is 18.8 Å². The lowest BCUT2D eigenvalue weighted by Crippen LogP contribution is -2.00. The van der Waals surface area contributed by atoms with Crippen LogP contribution in [0.25, 0.3) is 0 Å². The molecule has 5 nitrogen and oxygen atoms in total. The van der Waals surface area contributed by atoms with Crippen LogP contribution in [-0.4, -0.2) is 29.1 Å². The van der Waals surface area contributed by atoms with E-state index in [9.17, 15) is 5.11 Å². The fourth-order valence-corrected chi connectivity index (χ4v) is 1.80. The van der Waals surface area contributed by atoms with Crippen LogP contribution in [-0.2, 0) is 7.05 Å². The van der Waals surface area contributed by atoms with Gasteiger partial charge in [-0.3, -0.25) is 4.68 Å². The van der Waals surface area contributed by atoms with Crippen molar-refractivity contribution in [1.82, 2.24) is 9.78 Å². The van der Waals surface area contributed by atoms with Gasteiger partial charge in [-0.25, -0.2) is 0 Å². The van der Waals surface area contributed by atoms with E-state index >= 15 is 0 Å². The van der Waals surface area contributed by atoms with Crippen molar-refractivity contribution in [3.8, 4) is 11.5 Å². The summed E-state index contributed by atoms with van der Waals surface area (Å²) < 4.78 is 12.0. The molecular formula is C13H16N2O3. The lowest BCUT2D eigenvalue weighted by molar-refractivity contribution is 0.219. The Morgan fingerprint density at radius 3 is 2.44 bits per heavy atom. The van der Waals surface area contributed by atoms with Crippen molar-refractivity contribution < 1.29 is 14.6 Å². The first-order valence-corrected chi connectivity index (χ1v) is 5.54. The number of aromatic nitrogens is 2. The average molecular weight is 248 g/mol. The van der Waals surface area contributed by atoms with Crippen molar-refractivity contribution in [2.45, 2.75) is 6.10 Å². The molecule has 0 aliphatic rings. The molecule has 2 aromatic rings. The summed E-state index contributed by atoms with van der Waals surface area (Å²) in [5.74, 6) is 1.23. The molecule has 1 N–H and O–H groups in total. The molecule has 96 valence electrons. The van der Waals surface area contributed by atoms with Crippen molar-refractivity contribution in [2.24, 2.45) is 7.05 Å². The van der Waals surface area contributed by atoms with Gasteiger partial charge in [-0.15, -0.1) is 0 Å². The zero-order chi connectivity index (χ0) is 13.1. The van der Waals surface area contributed by atoms with Gasteiger partial charge in [0.15, 0.2) is 11.5 Å². The number of aliphatic hydroxyl groups excluding tert-OH is 1. The van der Waals surface area contributed by atoms with Crippen LogP contribution in [0.5, 0.6) is 11.5 Å². The smallest absolute Gasteiger partial charge is 0.161 e. The first kappa shape index (κ1) is 12.4. The first-order valence-electron chi connectivity index (χ1n) is 5.54. The fraction of sp³-hybridized carbons (Fsp3) is 0.308. The second-order valence-electron chi connectivity index (χ2n) is 3.96. The van der Waals surface area contributed by atoms with Crippen LogP contribution < -0.4 is 9.47 Å². The van der Waals surface area contributed by atoms with Gasteiger partial charge in [0.2, 0.25) is 0 Å². The Morgan fingerprint density at radius 1 is 1.17 bits per heavy atom. The van der Waals surface area contributed by atoms with Crippen LogP contribution in [0.1, 0.15) is 17.2 Å². The third kappa shape index (κ3) is 2.31. The van der Waals surface area contributed by atoms with E-state index < -0.39 is 6.10 Å². The Labute approximate surface area is 106 Å². The molecule has 1 atom stereocenters. The number of benzene rings is 1. The molecule has 1 heterocycles. The monoisotopic (exact) mass is 248 g/mol. The maximum absolute atomic E-state index is 10.2. The molecule has 5 heteroatoms. The second-order valence-corrected chi connectivity index (χ2v) is 3.96. The highest BCUT2D eigenvalue weighted by molar-refractivity contribution is 5.44. The molecule has 0 spiro atoms. The van der Waals surface area contributed by atoms with E-state index in [4.69, 9.17) is 9.47 Å². The van der Waals surface area contributed by atoms with Crippen LogP contribution in [0.4, 0.5) is 0 Å². The van der Waals surface area contributed by atoms with Gasteiger partial charge in [0.05, 0.1) is 20.4 Å². The molecule has 1 unspecified atom stereocenters. The standard InChI is InChI=1S/C13H16N2O3/c1-15-8-10(7-14-15)13(16)9-4-5-11(17-2)12(6-9)18-3/h4-8,13,16H,1-3H3. The van der Waals surface area contributed by atoms with Crippen molar-refractivity contribution in [1.29, 1.82) is 0 Å². The zero-order valence-electron chi connectivity index (χ0n) is 10.6. The van der Waals surface area contributed by atoms with Crippen LogP contribution in [0, 0.1) is 0 Å². The molecule has 0 aliphatic heterocycles. The van der Waals surface area contributed by atoms with Crippen LogP contribution in [0.2, 0.25) is 0 Å². The molecule has 0 radical (unpaired) electrons. The van der Waals surface area contributed by atoms with Gasteiger partial charge in [-0.2, -0.15) is 5.10 Å².